The zero-order chi connectivity index (χ0) is 22.3. The van der Waals surface area contributed by atoms with Gasteiger partial charge in [-0.25, -0.2) is 4.98 Å². The number of nitrogens with one attached hydrogen (secondary N) is 1. The molecule has 1 aliphatic carbocycles. The number of carbonyl (C=O) groups is 2. The normalized spacial score (nSPS) is 14.4. The van der Waals surface area contributed by atoms with Crippen molar-refractivity contribution in [2.45, 2.75) is 57.5 Å². The summed E-state index contributed by atoms with van der Waals surface area (Å²) < 4.78 is 2.05. The average molecular weight is 433 g/mol. The van der Waals surface area contributed by atoms with Crippen LogP contribution in [0, 0.1) is 0 Å². The van der Waals surface area contributed by atoms with Gasteiger partial charge in [-0.15, -0.1) is 0 Å². The summed E-state index contributed by atoms with van der Waals surface area (Å²) >= 11 is 0. The molecule has 0 atom stereocenters. The summed E-state index contributed by atoms with van der Waals surface area (Å²) in [4.78, 5) is 32.1. The Kier molecular flexibility index (Phi) is 7.20. The molecule has 0 radical (unpaired) electrons. The van der Waals surface area contributed by atoms with Crippen molar-refractivity contribution in [3.63, 3.8) is 0 Å². The van der Waals surface area contributed by atoms with Crippen molar-refractivity contribution in [1.29, 1.82) is 0 Å². The van der Waals surface area contributed by atoms with Crippen molar-refractivity contribution in [3.8, 4) is 0 Å². The van der Waals surface area contributed by atoms with Crippen LogP contribution in [0.15, 0.2) is 54.6 Å². The van der Waals surface area contributed by atoms with Gasteiger partial charge in [-0.1, -0.05) is 49.6 Å². The van der Waals surface area contributed by atoms with Crippen molar-refractivity contribution in [1.82, 2.24) is 19.8 Å². The van der Waals surface area contributed by atoms with E-state index in [-0.39, 0.29) is 11.8 Å². The molecular weight excluding hydrogens is 400 g/mol. The number of hydrogen-bond acceptors (Lipinski definition) is 3. The molecule has 0 unspecified atom stereocenters. The summed E-state index contributed by atoms with van der Waals surface area (Å²) in [7, 11) is 1.94. The van der Waals surface area contributed by atoms with E-state index in [1.54, 1.807) is 0 Å². The van der Waals surface area contributed by atoms with Gasteiger partial charge in [-0.05, 0) is 43.5 Å². The first-order chi connectivity index (χ1) is 15.6. The predicted octanol–water partition coefficient (Wildman–Crippen LogP) is 4.19. The second-order valence-corrected chi connectivity index (χ2v) is 8.62. The molecule has 1 saturated carbocycles. The fraction of sp³-hybridized carbons (Fsp3) is 0.423. The van der Waals surface area contributed by atoms with E-state index in [1.165, 1.54) is 19.3 Å². The largest absolute Gasteiger partial charge is 0.352 e. The van der Waals surface area contributed by atoms with Crippen LogP contribution in [0.1, 0.15) is 54.7 Å². The number of aromatic nitrogens is 2. The molecular formula is C26H32N4O2. The lowest BCUT2D eigenvalue weighted by molar-refractivity contribution is -0.133. The molecule has 0 saturated heterocycles. The van der Waals surface area contributed by atoms with Crippen LogP contribution in [0.2, 0.25) is 0 Å². The van der Waals surface area contributed by atoms with Crippen LogP contribution in [-0.2, 0) is 17.8 Å². The first-order valence-corrected chi connectivity index (χ1v) is 11.7. The highest BCUT2D eigenvalue weighted by Crippen LogP contribution is 2.23. The van der Waals surface area contributed by atoms with Crippen molar-refractivity contribution >= 4 is 22.8 Å². The van der Waals surface area contributed by atoms with E-state index in [9.17, 15) is 9.59 Å². The first-order valence-electron chi connectivity index (χ1n) is 11.7. The Morgan fingerprint density at radius 2 is 1.75 bits per heavy atom. The summed E-state index contributed by atoms with van der Waals surface area (Å²) in [6.45, 7) is 0.867. The maximum Gasteiger partial charge on any atom is 0.251 e. The number of nitrogens with zero attached hydrogens (tertiary/aromatic N) is 3. The van der Waals surface area contributed by atoms with Gasteiger partial charge in [0.15, 0.2) is 0 Å². The number of benzene rings is 2. The summed E-state index contributed by atoms with van der Waals surface area (Å²) in [5.41, 5.74) is 2.56. The number of imidazole rings is 1. The molecule has 3 aromatic rings. The lowest BCUT2D eigenvalue weighted by Gasteiger charge is -2.31. The number of para-hydroxylation sites is 2. The van der Waals surface area contributed by atoms with Crippen LogP contribution >= 0.6 is 0 Å². The lowest BCUT2D eigenvalue weighted by Crippen LogP contribution is -2.40. The molecule has 1 aliphatic rings. The van der Waals surface area contributed by atoms with Gasteiger partial charge in [0.2, 0.25) is 5.91 Å². The van der Waals surface area contributed by atoms with E-state index in [2.05, 4.69) is 9.88 Å². The molecule has 2 amide bonds. The van der Waals surface area contributed by atoms with E-state index in [4.69, 9.17) is 4.98 Å². The second kappa shape index (κ2) is 10.4. The molecule has 6 nitrogen and oxygen atoms in total. The molecule has 4 rings (SSSR count). The lowest BCUT2D eigenvalue weighted by atomic mass is 9.94. The van der Waals surface area contributed by atoms with Gasteiger partial charge >= 0.3 is 0 Å². The second-order valence-electron chi connectivity index (χ2n) is 8.62. The Morgan fingerprint density at radius 3 is 2.53 bits per heavy atom. The molecule has 1 fully saturated rings. The number of likely N-dealkylation sites (N-methyl/N-ethyl adjacent to an activating group) is 1. The van der Waals surface area contributed by atoms with Crippen molar-refractivity contribution in [2.75, 3.05) is 13.6 Å². The molecule has 0 spiro atoms. The Hall–Kier alpha value is -3.15. The van der Waals surface area contributed by atoms with Crippen LogP contribution in [0.4, 0.5) is 0 Å². The Balaban J connectivity index is 1.41. The van der Waals surface area contributed by atoms with Crippen LogP contribution in [0.3, 0.4) is 0 Å². The molecule has 1 heterocycles. The smallest absolute Gasteiger partial charge is 0.251 e. The van der Waals surface area contributed by atoms with Crippen molar-refractivity contribution < 1.29 is 9.59 Å². The molecule has 1 N–H and O–H groups in total. The van der Waals surface area contributed by atoms with Crippen LogP contribution < -0.4 is 5.32 Å². The Morgan fingerprint density at radius 1 is 1.03 bits per heavy atom. The Labute approximate surface area is 189 Å². The summed E-state index contributed by atoms with van der Waals surface area (Å²) in [6.07, 6.45) is 7.34. The number of hydrogen-bond donors (Lipinski definition) is 1. The van der Waals surface area contributed by atoms with E-state index < -0.39 is 0 Å². The van der Waals surface area contributed by atoms with Crippen molar-refractivity contribution in [3.05, 3.63) is 66.0 Å². The van der Waals surface area contributed by atoms with Crippen LogP contribution in [-0.4, -0.2) is 45.9 Å². The predicted molar refractivity (Wildman–Crippen MR) is 126 cm³/mol. The topological polar surface area (TPSA) is 67.2 Å². The van der Waals surface area contributed by atoms with E-state index in [0.717, 1.165) is 36.1 Å². The number of amides is 2. The van der Waals surface area contributed by atoms with Crippen LogP contribution in [0.25, 0.3) is 11.0 Å². The van der Waals surface area contributed by atoms with E-state index in [1.807, 2.05) is 66.5 Å². The molecule has 168 valence electrons. The van der Waals surface area contributed by atoms with Gasteiger partial charge in [-0.3, -0.25) is 9.59 Å². The molecule has 32 heavy (non-hydrogen) atoms. The third-order valence-corrected chi connectivity index (χ3v) is 6.44. The number of fused-ring (bicyclic) bond motifs is 1. The maximum absolute atomic E-state index is 13.1. The molecule has 2 aromatic carbocycles. The third-order valence-electron chi connectivity index (χ3n) is 6.44. The van der Waals surface area contributed by atoms with E-state index >= 15 is 0 Å². The minimum Gasteiger partial charge on any atom is -0.352 e. The van der Waals surface area contributed by atoms with Crippen molar-refractivity contribution in [2.24, 2.45) is 0 Å². The zero-order valence-electron chi connectivity index (χ0n) is 18.8. The monoisotopic (exact) mass is 432 g/mol. The van der Waals surface area contributed by atoms with Gasteiger partial charge in [0.05, 0.1) is 11.0 Å². The number of aryl methyl sites for hydroxylation is 1. The Bertz CT molecular complexity index is 1050. The summed E-state index contributed by atoms with van der Waals surface area (Å²) in [5, 5.41) is 2.97. The van der Waals surface area contributed by atoms with Gasteiger partial charge < -0.3 is 14.8 Å². The first kappa shape index (κ1) is 22.1. The minimum atomic E-state index is -0.0663. The fourth-order valence-corrected chi connectivity index (χ4v) is 4.55. The summed E-state index contributed by atoms with van der Waals surface area (Å²) in [5.74, 6) is 0.965. The molecule has 0 aliphatic heterocycles. The third kappa shape index (κ3) is 5.18. The number of rotatable bonds is 8. The number of carbonyl (C=O) groups excluding carboxylic acids is 2. The fourth-order valence-electron chi connectivity index (χ4n) is 4.55. The summed E-state index contributed by atoms with van der Waals surface area (Å²) in [6, 6.07) is 17.6. The van der Waals surface area contributed by atoms with Gasteiger partial charge in [-0.2, -0.15) is 0 Å². The highest BCUT2D eigenvalue weighted by atomic mass is 16.2. The zero-order valence-corrected chi connectivity index (χ0v) is 18.8. The average Bonchev–Trinajstić information content (AvgIpc) is 3.19. The van der Waals surface area contributed by atoms with Gasteiger partial charge in [0.1, 0.15) is 12.4 Å². The molecule has 0 bridgehead atoms. The van der Waals surface area contributed by atoms with Crippen LogP contribution in [0.5, 0.6) is 0 Å². The minimum absolute atomic E-state index is 0.0663. The van der Waals surface area contributed by atoms with Gasteiger partial charge in [0.25, 0.3) is 5.91 Å². The highest BCUT2D eigenvalue weighted by molar-refractivity contribution is 5.94. The molecule has 6 heteroatoms. The highest BCUT2D eigenvalue weighted by Gasteiger charge is 2.23. The van der Waals surface area contributed by atoms with Gasteiger partial charge in [0, 0.05) is 31.6 Å². The molecule has 1 aromatic heterocycles. The van der Waals surface area contributed by atoms with E-state index in [0.29, 0.717) is 31.1 Å². The standard InChI is InChI=1S/C26H32N4O2/c1-29(21-13-6-3-7-14-21)25(31)19-30-23-16-9-8-15-22(23)28-24(30)17-10-18-27-26(32)20-11-4-2-5-12-20/h2,4-5,8-9,11-12,15-16,21H,3,6-7,10,13-14,17-19H2,1H3,(H,27,32). The maximum atomic E-state index is 13.1. The SMILES string of the molecule is CN(C(=O)Cn1c(CCCNC(=O)c2ccccc2)nc2ccccc21)C1CCCCC1. The quantitative estimate of drug-likeness (QED) is 0.543.